The van der Waals surface area contributed by atoms with Gasteiger partial charge in [0, 0.05) is 26.0 Å². The van der Waals surface area contributed by atoms with Gasteiger partial charge in [0.1, 0.15) is 6.61 Å². The molecule has 16 heavy (non-hydrogen) atoms. The van der Waals surface area contributed by atoms with Crippen LogP contribution in [0.15, 0.2) is 0 Å². The highest BCUT2D eigenvalue weighted by atomic mass is 16.5. The molecule has 1 heterocycles. The maximum absolute atomic E-state index is 11.5. The van der Waals surface area contributed by atoms with Crippen LogP contribution in [-0.4, -0.2) is 36.7 Å². The predicted octanol–water partition coefficient (Wildman–Crippen LogP) is 0.0320. The number of hydrogen-bond acceptors (Lipinski definition) is 2. The molecule has 1 aliphatic rings. The second-order valence-corrected chi connectivity index (χ2v) is 6.23. The van der Waals surface area contributed by atoms with E-state index in [1.54, 1.807) is 7.11 Å². The van der Waals surface area contributed by atoms with Gasteiger partial charge in [0.25, 0.3) is 0 Å². The molecule has 1 aliphatic heterocycles. The van der Waals surface area contributed by atoms with Crippen LogP contribution >= 0.6 is 0 Å². The van der Waals surface area contributed by atoms with Crippen molar-refractivity contribution in [2.75, 3.05) is 13.7 Å². The number of carbonyl (C=O) groups is 1. The standard InChI is InChI=1S/C12H24N2O2/c1-11(2)6-9(7-12(3,4)14-11)13-10(15)8-16-5/h9,14H,6-8H2,1-5H3,(H,13,15)/p+1. The number of ether oxygens (including phenoxy) is 1. The molecule has 4 nitrogen and oxygen atoms in total. The summed E-state index contributed by atoms with van der Waals surface area (Å²) in [6.45, 7) is 9.06. The Morgan fingerprint density at radius 3 is 2.25 bits per heavy atom. The zero-order valence-corrected chi connectivity index (χ0v) is 11.1. The molecule has 0 bridgehead atoms. The Morgan fingerprint density at radius 1 is 1.31 bits per heavy atom. The van der Waals surface area contributed by atoms with E-state index in [4.69, 9.17) is 4.74 Å². The van der Waals surface area contributed by atoms with Crippen molar-refractivity contribution in [3.8, 4) is 0 Å². The molecule has 4 heteroatoms. The van der Waals surface area contributed by atoms with Crippen LogP contribution in [0.4, 0.5) is 0 Å². The van der Waals surface area contributed by atoms with Gasteiger partial charge in [0.15, 0.2) is 0 Å². The molecule has 0 aliphatic carbocycles. The van der Waals surface area contributed by atoms with Gasteiger partial charge in [-0.1, -0.05) is 0 Å². The maximum Gasteiger partial charge on any atom is 0.246 e. The molecule has 1 rings (SSSR count). The largest absolute Gasteiger partial charge is 0.375 e. The van der Waals surface area contributed by atoms with Crippen LogP contribution < -0.4 is 10.6 Å². The average Bonchev–Trinajstić information content (AvgIpc) is 1.96. The molecule has 0 aromatic heterocycles. The smallest absolute Gasteiger partial charge is 0.246 e. The fourth-order valence-corrected chi connectivity index (χ4v) is 3.02. The minimum absolute atomic E-state index is 0.0130. The van der Waals surface area contributed by atoms with E-state index in [-0.39, 0.29) is 29.6 Å². The topological polar surface area (TPSA) is 54.9 Å². The van der Waals surface area contributed by atoms with Crippen LogP contribution in [0.2, 0.25) is 0 Å². The first-order valence-electron chi connectivity index (χ1n) is 5.89. The van der Waals surface area contributed by atoms with E-state index >= 15 is 0 Å². The molecule has 1 fully saturated rings. The van der Waals surface area contributed by atoms with Gasteiger partial charge in [-0.3, -0.25) is 4.79 Å². The van der Waals surface area contributed by atoms with E-state index in [0.29, 0.717) is 0 Å². The second kappa shape index (κ2) is 4.72. The Bertz CT molecular complexity index is 246. The molecule has 0 unspecified atom stereocenters. The molecule has 0 aromatic rings. The maximum atomic E-state index is 11.5. The SMILES string of the molecule is COCC(=O)NC1CC(C)(C)[NH2+]C(C)(C)C1. The van der Waals surface area contributed by atoms with Crippen LogP contribution in [0, 0.1) is 0 Å². The lowest BCUT2D eigenvalue weighted by atomic mass is 9.79. The normalized spacial score (nSPS) is 24.1. The van der Waals surface area contributed by atoms with Crippen molar-refractivity contribution >= 4 is 5.91 Å². The van der Waals surface area contributed by atoms with Crippen molar-refractivity contribution in [2.24, 2.45) is 0 Å². The number of methoxy groups -OCH3 is 1. The Hall–Kier alpha value is -0.610. The van der Waals surface area contributed by atoms with Gasteiger partial charge < -0.3 is 15.4 Å². The lowest BCUT2D eigenvalue weighted by Gasteiger charge is -2.43. The second-order valence-electron chi connectivity index (χ2n) is 6.23. The number of amides is 1. The lowest BCUT2D eigenvalue weighted by molar-refractivity contribution is -0.787. The number of quaternary nitrogens is 1. The third-order valence-corrected chi connectivity index (χ3v) is 2.97. The molecule has 0 saturated carbocycles. The molecule has 0 aromatic carbocycles. The van der Waals surface area contributed by atoms with Gasteiger partial charge >= 0.3 is 0 Å². The highest BCUT2D eigenvalue weighted by Crippen LogP contribution is 2.21. The quantitative estimate of drug-likeness (QED) is 0.717. The summed E-state index contributed by atoms with van der Waals surface area (Å²) in [4.78, 5) is 11.5. The van der Waals surface area contributed by atoms with Crippen LogP contribution in [0.5, 0.6) is 0 Å². The van der Waals surface area contributed by atoms with Crippen LogP contribution in [0.3, 0.4) is 0 Å². The van der Waals surface area contributed by atoms with Crippen molar-refractivity contribution in [3.05, 3.63) is 0 Å². The number of hydrogen-bond donors (Lipinski definition) is 2. The Labute approximate surface area is 98.1 Å². The van der Waals surface area contributed by atoms with Crippen molar-refractivity contribution in [3.63, 3.8) is 0 Å². The van der Waals surface area contributed by atoms with Gasteiger partial charge in [0.2, 0.25) is 5.91 Å². The molecular formula is C12H25N2O2+. The first-order valence-corrected chi connectivity index (χ1v) is 5.89. The zero-order chi connectivity index (χ0) is 12.4. The minimum Gasteiger partial charge on any atom is -0.375 e. The number of piperidine rings is 1. The third kappa shape index (κ3) is 4.10. The summed E-state index contributed by atoms with van der Waals surface area (Å²) in [5, 5.41) is 5.45. The summed E-state index contributed by atoms with van der Waals surface area (Å²) < 4.78 is 4.83. The van der Waals surface area contributed by atoms with Gasteiger partial charge in [-0.15, -0.1) is 0 Å². The van der Waals surface area contributed by atoms with Crippen molar-refractivity contribution in [1.82, 2.24) is 5.32 Å². The Balaban J connectivity index is 2.57. The van der Waals surface area contributed by atoms with Crippen LogP contribution in [0.1, 0.15) is 40.5 Å². The van der Waals surface area contributed by atoms with Crippen molar-refractivity contribution < 1.29 is 14.8 Å². The van der Waals surface area contributed by atoms with E-state index in [9.17, 15) is 4.79 Å². The third-order valence-electron chi connectivity index (χ3n) is 2.97. The molecule has 0 spiro atoms. The molecule has 3 N–H and O–H groups in total. The summed E-state index contributed by atoms with van der Waals surface area (Å²) in [5.41, 5.74) is 0.375. The predicted molar refractivity (Wildman–Crippen MR) is 63.1 cm³/mol. The van der Waals surface area contributed by atoms with Gasteiger partial charge in [-0.05, 0) is 27.7 Å². The van der Waals surface area contributed by atoms with Crippen LogP contribution in [-0.2, 0) is 9.53 Å². The fraction of sp³-hybridized carbons (Fsp3) is 0.917. The van der Waals surface area contributed by atoms with Crippen molar-refractivity contribution in [1.29, 1.82) is 0 Å². The first kappa shape index (κ1) is 13.5. The number of carbonyl (C=O) groups excluding carboxylic acids is 1. The number of nitrogens with two attached hydrogens (primary N) is 1. The van der Waals surface area contributed by atoms with E-state index in [1.807, 2.05) is 0 Å². The summed E-state index contributed by atoms with van der Waals surface area (Å²) in [7, 11) is 1.54. The fourth-order valence-electron chi connectivity index (χ4n) is 3.02. The first-order chi connectivity index (χ1) is 7.24. The highest BCUT2D eigenvalue weighted by Gasteiger charge is 2.41. The summed E-state index contributed by atoms with van der Waals surface area (Å²) in [6.07, 6.45) is 2.01. The molecule has 0 radical (unpaired) electrons. The minimum atomic E-state index is -0.0130. The monoisotopic (exact) mass is 229 g/mol. The van der Waals surface area contributed by atoms with Gasteiger partial charge in [0.05, 0.1) is 11.1 Å². The summed E-state index contributed by atoms with van der Waals surface area (Å²) in [6, 6.07) is 0.262. The number of rotatable bonds is 3. The molecule has 1 amide bonds. The molecule has 94 valence electrons. The molecule has 0 atom stereocenters. The Kier molecular flexibility index (Phi) is 3.97. The van der Waals surface area contributed by atoms with E-state index in [2.05, 4.69) is 38.3 Å². The molecular weight excluding hydrogens is 204 g/mol. The average molecular weight is 229 g/mol. The highest BCUT2D eigenvalue weighted by molar-refractivity contribution is 5.77. The van der Waals surface area contributed by atoms with Gasteiger partial charge in [-0.25, -0.2) is 0 Å². The van der Waals surface area contributed by atoms with E-state index in [0.717, 1.165) is 12.8 Å². The molecule has 1 saturated heterocycles. The van der Waals surface area contributed by atoms with Crippen molar-refractivity contribution in [2.45, 2.75) is 57.7 Å². The number of nitrogens with one attached hydrogen (secondary N) is 1. The summed E-state index contributed by atoms with van der Waals surface area (Å²) >= 11 is 0. The van der Waals surface area contributed by atoms with E-state index in [1.165, 1.54) is 0 Å². The summed E-state index contributed by atoms with van der Waals surface area (Å²) in [5.74, 6) is -0.0130. The van der Waals surface area contributed by atoms with Crippen LogP contribution in [0.25, 0.3) is 0 Å². The lowest BCUT2D eigenvalue weighted by Crippen LogP contribution is -3.06. The Morgan fingerprint density at radius 2 is 1.81 bits per heavy atom. The van der Waals surface area contributed by atoms with Gasteiger partial charge in [-0.2, -0.15) is 0 Å². The van der Waals surface area contributed by atoms with E-state index < -0.39 is 0 Å². The zero-order valence-electron chi connectivity index (χ0n) is 11.1.